The van der Waals surface area contributed by atoms with Crippen molar-refractivity contribution in [2.24, 2.45) is 0 Å². The third-order valence-electron chi connectivity index (χ3n) is 2.11. The van der Waals surface area contributed by atoms with Gasteiger partial charge in [0.1, 0.15) is 5.69 Å². The van der Waals surface area contributed by atoms with Crippen LogP contribution >= 0.6 is 11.6 Å². The maximum Gasteiger partial charge on any atom is 0.222 e. The zero-order valence-electron chi connectivity index (χ0n) is 8.59. The number of hydrogen-bond acceptors (Lipinski definition) is 4. The van der Waals surface area contributed by atoms with Crippen LogP contribution in [0.25, 0.3) is 0 Å². The summed E-state index contributed by atoms with van der Waals surface area (Å²) < 4.78 is 0. The van der Waals surface area contributed by atoms with Crippen molar-refractivity contribution in [3.63, 3.8) is 0 Å². The molecule has 0 N–H and O–H groups in total. The Morgan fingerprint density at radius 1 is 1.35 bits per heavy atom. The molecule has 0 bridgehead atoms. The summed E-state index contributed by atoms with van der Waals surface area (Å²) in [5.41, 5.74) is 1.04. The summed E-state index contributed by atoms with van der Waals surface area (Å²) in [6, 6.07) is 9.87. The van der Waals surface area contributed by atoms with E-state index in [1.807, 2.05) is 6.07 Å². The van der Waals surface area contributed by atoms with Crippen LogP contribution in [0.3, 0.4) is 0 Å². The predicted molar refractivity (Wildman–Crippen MR) is 61.6 cm³/mol. The number of benzene rings is 1. The Balaban J connectivity index is 2.41. The molecule has 2 rings (SSSR count). The van der Waals surface area contributed by atoms with E-state index in [1.54, 1.807) is 18.2 Å². The third kappa shape index (κ3) is 2.47. The van der Waals surface area contributed by atoms with Gasteiger partial charge >= 0.3 is 0 Å². The molecule has 0 aliphatic carbocycles. The van der Waals surface area contributed by atoms with Crippen molar-refractivity contribution in [2.45, 2.75) is 0 Å². The zero-order chi connectivity index (χ0) is 12.3. The van der Waals surface area contributed by atoms with E-state index in [0.29, 0.717) is 11.1 Å². The van der Waals surface area contributed by atoms with E-state index in [9.17, 15) is 4.79 Å². The number of rotatable bonds is 2. The summed E-state index contributed by atoms with van der Waals surface area (Å²) in [4.78, 5) is 19.5. The fourth-order valence-corrected chi connectivity index (χ4v) is 1.49. The topological polar surface area (TPSA) is 66.6 Å². The second-order valence-electron chi connectivity index (χ2n) is 3.23. The molecule has 1 aromatic heterocycles. The minimum Gasteiger partial charge on any atom is -0.287 e. The van der Waals surface area contributed by atoms with Crippen LogP contribution in [0.15, 0.2) is 36.5 Å². The van der Waals surface area contributed by atoms with E-state index in [0.717, 1.165) is 0 Å². The summed E-state index contributed by atoms with van der Waals surface area (Å²) >= 11 is 5.61. The van der Waals surface area contributed by atoms with Crippen molar-refractivity contribution in [3.05, 3.63) is 58.6 Å². The Labute approximate surface area is 103 Å². The van der Waals surface area contributed by atoms with Crippen molar-refractivity contribution >= 4 is 17.4 Å². The summed E-state index contributed by atoms with van der Waals surface area (Å²) in [6.07, 6.45) is 1.41. The minimum atomic E-state index is -0.286. The Morgan fingerprint density at radius 3 is 2.88 bits per heavy atom. The first kappa shape index (κ1) is 11.2. The van der Waals surface area contributed by atoms with Crippen molar-refractivity contribution in [2.75, 3.05) is 0 Å². The van der Waals surface area contributed by atoms with Gasteiger partial charge in [0.25, 0.3) is 0 Å². The van der Waals surface area contributed by atoms with Crippen LogP contribution in [0.4, 0.5) is 0 Å². The lowest BCUT2D eigenvalue weighted by atomic mass is 10.1. The molecular formula is C12H6ClN3O. The SMILES string of the molecule is N#Cc1cccc(C(=O)c2ccnc(Cl)n2)c1. The van der Waals surface area contributed by atoms with E-state index in [4.69, 9.17) is 16.9 Å². The number of ketones is 1. The lowest BCUT2D eigenvalue weighted by Crippen LogP contribution is -2.04. The Bertz CT molecular complexity index is 619. The molecule has 0 saturated carbocycles. The second-order valence-corrected chi connectivity index (χ2v) is 3.57. The van der Waals surface area contributed by atoms with Gasteiger partial charge in [-0.05, 0) is 29.8 Å². The van der Waals surface area contributed by atoms with Crippen LogP contribution in [0, 0.1) is 11.3 Å². The van der Waals surface area contributed by atoms with E-state index >= 15 is 0 Å². The van der Waals surface area contributed by atoms with Gasteiger partial charge in [0.05, 0.1) is 11.6 Å². The molecule has 0 spiro atoms. The monoisotopic (exact) mass is 243 g/mol. The maximum atomic E-state index is 12.0. The molecule has 0 unspecified atom stereocenters. The standard InChI is InChI=1S/C12H6ClN3O/c13-12-15-5-4-10(16-12)11(17)9-3-1-2-8(6-9)7-14/h1-6H. The highest BCUT2D eigenvalue weighted by atomic mass is 35.5. The van der Waals surface area contributed by atoms with Gasteiger partial charge in [-0.1, -0.05) is 12.1 Å². The second kappa shape index (κ2) is 4.73. The van der Waals surface area contributed by atoms with Gasteiger partial charge < -0.3 is 0 Å². The summed E-state index contributed by atoms with van der Waals surface area (Å²) in [5, 5.41) is 8.77. The molecule has 0 radical (unpaired) electrons. The Hall–Kier alpha value is -2.25. The number of nitrogens with zero attached hydrogens (tertiary/aromatic N) is 3. The maximum absolute atomic E-state index is 12.0. The predicted octanol–water partition coefficient (Wildman–Crippen LogP) is 2.23. The van der Waals surface area contributed by atoms with Crippen LogP contribution in [-0.4, -0.2) is 15.8 Å². The highest BCUT2D eigenvalue weighted by Crippen LogP contribution is 2.10. The largest absolute Gasteiger partial charge is 0.287 e. The number of nitriles is 1. The molecule has 0 aliphatic heterocycles. The van der Waals surface area contributed by atoms with Gasteiger partial charge in [-0.2, -0.15) is 5.26 Å². The first-order valence-corrected chi connectivity index (χ1v) is 5.12. The molecule has 5 heteroatoms. The lowest BCUT2D eigenvalue weighted by Gasteiger charge is -2.00. The van der Waals surface area contributed by atoms with Crippen LogP contribution in [-0.2, 0) is 0 Å². The highest BCUT2D eigenvalue weighted by molar-refractivity contribution is 6.28. The molecule has 0 amide bonds. The number of aromatic nitrogens is 2. The average Bonchev–Trinajstić information content (AvgIpc) is 2.38. The first-order valence-electron chi connectivity index (χ1n) is 4.74. The first-order chi connectivity index (χ1) is 8.20. The van der Waals surface area contributed by atoms with Crippen molar-refractivity contribution in [1.29, 1.82) is 5.26 Å². The summed E-state index contributed by atoms with van der Waals surface area (Å²) in [5.74, 6) is -0.286. The van der Waals surface area contributed by atoms with E-state index < -0.39 is 0 Å². The van der Waals surface area contributed by atoms with Gasteiger partial charge in [-0.25, -0.2) is 9.97 Å². The normalized spacial score (nSPS) is 9.65. The number of hydrogen-bond donors (Lipinski definition) is 0. The fourth-order valence-electron chi connectivity index (χ4n) is 1.34. The van der Waals surface area contributed by atoms with Crippen LogP contribution in [0.2, 0.25) is 5.28 Å². The molecule has 17 heavy (non-hydrogen) atoms. The Kier molecular flexibility index (Phi) is 3.12. The quantitative estimate of drug-likeness (QED) is 0.599. The van der Waals surface area contributed by atoms with E-state index in [-0.39, 0.29) is 16.8 Å². The van der Waals surface area contributed by atoms with Crippen LogP contribution < -0.4 is 0 Å². The number of carbonyl (C=O) groups is 1. The number of halogens is 1. The smallest absolute Gasteiger partial charge is 0.222 e. The molecule has 0 atom stereocenters. The summed E-state index contributed by atoms with van der Waals surface area (Å²) in [7, 11) is 0. The van der Waals surface area contributed by atoms with Crippen molar-refractivity contribution in [1.82, 2.24) is 9.97 Å². The number of carbonyl (C=O) groups excluding carboxylic acids is 1. The molecule has 82 valence electrons. The molecule has 1 heterocycles. The zero-order valence-corrected chi connectivity index (χ0v) is 9.35. The van der Waals surface area contributed by atoms with Crippen LogP contribution in [0.5, 0.6) is 0 Å². The van der Waals surface area contributed by atoms with Gasteiger partial charge in [0.2, 0.25) is 11.1 Å². The molecule has 0 saturated heterocycles. The van der Waals surface area contributed by atoms with Gasteiger partial charge in [0, 0.05) is 11.8 Å². The van der Waals surface area contributed by atoms with Gasteiger partial charge in [-0.3, -0.25) is 4.79 Å². The average molecular weight is 244 g/mol. The highest BCUT2D eigenvalue weighted by Gasteiger charge is 2.11. The Morgan fingerprint density at radius 2 is 2.18 bits per heavy atom. The fraction of sp³-hybridized carbons (Fsp3) is 0. The van der Waals surface area contributed by atoms with Crippen LogP contribution in [0.1, 0.15) is 21.6 Å². The molecule has 2 aromatic rings. The van der Waals surface area contributed by atoms with E-state index in [2.05, 4.69) is 9.97 Å². The van der Waals surface area contributed by atoms with Gasteiger partial charge in [-0.15, -0.1) is 0 Å². The lowest BCUT2D eigenvalue weighted by molar-refractivity contribution is 0.103. The molecule has 0 aliphatic rings. The van der Waals surface area contributed by atoms with E-state index in [1.165, 1.54) is 18.3 Å². The molecule has 0 fully saturated rings. The third-order valence-corrected chi connectivity index (χ3v) is 2.29. The van der Waals surface area contributed by atoms with Gasteiger partial charge in [0.15, 0.2) is 0 Å². The van der Waals surface area contributed by atoms with Crippen molar-refractivity contribution in [3.8, 4) is 6.07 Å². The van der Waals surface area contributed by atoms with Crippen molar-refractivity contribution < 1.29 is 4.79 Å². The summed E-state index contributed by atoms with van der Waals surface area (Å²) in [6.45, 7) is 0. The molecular weight excluding hydrogens is 238 g/mol. The molecule has 4 nitrogen and oxygen atoms in total. The minimum absolute atomic E-state index is 0.0206. The molecule has 1 aromatic carbocycles.